The fourth-order valence-electron chi connectivity index (χ4n) is 3.15. The second kappa shape index (κ2) is 9.51. The Hall–Kier alpha value is -3.23. The van der Waals surface area contributed by atoms with Gasteiger partial charge in [-0.05, 0) is 31.2 Å². The van der Waals surface area contributed by atoms with E-state index in [0.717, 1.165) is 0 Å². The second-order valence-electron chi connectivity index (χ2n) is 6.93. The van der Waals surface area contributed by atoms with Crippen molar-refractivity contribution in [3.8, 4) is 0 Å². The Bertz CT molecular complexity index is 887. The minimum atomic E-state index is -1.27. The van der Waals surface area contributed by atoms with Gasteiger partial charge < -0.3 is 24.6 Å². The Balaban J connectivity index is 1.84. The van der Waals surface area contributed by atoms with E-state index >= 15 is 0 Å². The van der Waals surface area contributed by atoms with Crippen molar-refractivity contribution in [3.05, 3.63) is 71.8 Å². The van der Waals surface area contributed by atoms with Gasteiger partial charge in [0.25, 0.3) is 0 Å². The third-order valence-corrected chi connectivity index (χ3v) is 4.67. The second-order valence-corrected chi connectivity index (χ2v) is 6.93. The molecule has 0 saturated carbocycles. The van der Waals surface area contributed by atoms with Crippen molar-refractivity contribution in [2.45, 2.75) is 44.5 Å². The van der Waals surface area contributed by atoms with Gasteiger partial charge in [-0.25, -0.2) is 9.59 Å². The van der Waals surface area contributed by atoms with Crippen LogP contribution in [0.1, 0.15) is 34.6 Å². The smallest absolute Gasteiger partial charge is 0.340 e. The Labute approximate surface area is 173 Å². The van der Waals surface area contributed by atoms with Gasteiger partial charge in [-0.1, -0.05) is 36.4 Å². The Kier molecular flexibility index (Phi) is 6.81. The van der Waals surface area contributed by atoms with Crippen LogP contribution < -0.4 is 5.32 Å². The van der Waals surface area contributed by atoms with Crippen molar-refractivity contribution in [1.82, 2.24) is 5.32 Å². The van der Waals surface area contributed by atoms with Crippen molar-refractivity contribution < 1.29 is 33.7 Å². The highest BCUT2D eigenvalue weighted by atomic mass is 16.7. The lowest BCUT2D eigenvalue weighted by atomic mass is 9.97. The number of rotatable bonds is 5. The summed E-state index contributed by atoms with van der Waals surface area (Å²) in [4.78, 5) is 36.8. The lowest BCUT2D eigenvalue weighted by molar-refractivity contribution is -0.241. The number of amides is 1. The third-order valence-electron chi connectivity index (χ3n) is 4.67. The van der Waals surface area contributed by atoms with Gasteiger partial charge in [0.2, 0.25) is 12.2 Å². The number of aliphatic hydroxyl groups excluding tert-OH is 1. The molecule has 1 aliphatic heterocycles. The monoisotopic (exact) mass is 413 g/mol. The Morgan fingerprint density at radius 1 is 0.900 bits per heavy atom. The fraction of sp³-hybridized carbons (Fsp3) is 0.318. The van der Waals surface area contributed by atoms with Crippen LogP contribution in [0.5, 0.6) is 0 Å². The quantitative estimate of drug-likeness (QED) is 0.718. The summed E-state index contributed by atoms with van der Waals surface area (Å²) < 4.78 is 16.6. The van der Waals surface area contributed by atoms with Gasteiger partial charge in [-0.2, -0.15) is 0 Å². The van der Waals surface area contributed by atoms with E-state index in [2.05, 4.69) is 5.32 Å². The molecule has 5 atom stereocenters. The number of nitrogens with one attached hydrogen (secondary N) is 1. The summed E-state index contributed by atoms with van der Waals surface area (Å²) in [5.41, 5.74) is 0.572. The van der Waals surface area contributed by atoms with Crippen LogP contribution >= 0.6 is 0 Å². The third kappa shape index (κ3) is 5.03. The lowest BCUT2D eigenvalue weighted by Crippen LogP contribution is -2.64. The molecule has 0 spiro atoms. The summed E-state index contributed by atoms with van der Waals surface area (Å²) in [5, 5.41) is 13.2. The van der Waals surface area contributed by atoms with Crippen LogP contribution in [0, 0.1) is 0 Å². The molecule has 0 aromatic heterocycles. The molecule has 30 heavy (non-hydrogen) atoms. The molecule has 158 valence electrons. The minimum absolute atomic E-state index is 0.281. The summed E-state index contributed by atoms with van der Waals surface area (Å²) in [5.74, 6) is -1.82. The molecule has 1 amide bonds. The number of benzene rings is 2. The molecule has 1 unspecified atom stereocenters. The zero-order valence-corrected chi connectivity index (χ0v) is 16.6. The maximum absolute atomic E-state index is 12.6. The number of carbonyl (C=O) groups excluding carboxylic acids is 3. The minimum Gasteiger partial charge on any atom is -0.453 e. The molecule has 2 aromatic rings. The highest BCUT2D eigenvalue weighted by Gasteiger charge is 2.48. The van der Waals surface area contributed by atoms with Gasteiger partial charge >= 0.3 is 11.9 Å². The van der Waals surface area contributed by atoms with Crippen LogP contribution in [0.3, 0.4) is 0 Å². The van der Waals surface area contributed by atoms with Crippen LogP contribution in [-0.4, -0.2) is 53.6 Å². The zero-order valence-electron chi connectivity index (χ0n) is 16.6. The van der Waals surface area contributed by atoms with Gasteiger partial charge in [-0.3, -0.25) is 4.79 Å². The van der Waals surface area contributed by atoms with Crippen LogP contribution in [0.2, 0.25) is 0 Å². The molecule has 8 nitrogen and oxygen atoms in total. The van der Waals surface area contributed by atoms with Crippen LogP contribution in [0.4, 0.5) is 0 Å². The molecule has 8 heteroatoms. The topological polar surface area (TPSA) is 111 Å². The van der Waals surface area contributed by atoms with E-state index in [9.17, 15) is 19.5 Å². The number of ether oxygens (including phenoxy) is 3. The molecule has 1 aliphatic rings. The number of hydrogen-bond donors (Lipinski definition) is 2. The summed E-state index contributed by atoms with van der Waals surface area (Å²) in [6.07, 6.45) is -4.54. The summed E-state index contributed by atoms with van der Waals surface area (Å²) in [7, 11) is 0. The van der Waals surface area contributed by atoms with Crippen LogP contribution in [0.25, 0.3) is 0 Å². The molecule has 0 bridgehead atoms. The van der Waals surface area contributed by atoms with Gasteiger partial charge in [0.05, 0.1) is 17.2 Å². The average Bonchev–Trinajstić information content (AvgIpc) is 2.75. The first-order chi connectivity index (χ1) is 14.4. The van der Waals surface area contributed by atoms with Gasteiger partial charge in [-0.15, -0.1) is 0 Å². The molecular formula is C22H23NO7. The number of carbonyl (C=O) groups is 3. The largest absolute Gasteiger partial charge is 0.453 e. The van der Waals surface area contributed by atoms with E-state index in [4.69, 9.17) is 14.2 Å². The number of aliphatic hydroxyl groups is 1. The molecule has 2 N–H and O–H groups in total. The fourth-order valence-corrected chi connectivity index (χ4v) is 3.15. The van der Waals surface area contributed by atoms with E-state index in [1.807, 2.05) is 0 Å². The molecule has 2 aromatic carbocycles. The summed E-state index contributed by atoms with van der Waals surface area (Å²) in [6, 6.07) is 15.4. The number of hydrogen-bond acceptors (Lipinski definition) is 7. The SMILES string of the molecule is CC(=O)N[C@H]1C(OC(=O)c2ccccc2)O[C@H](C)[C@H](O)[C@@H]1OC(=O)c1ccccc1. The van der Waals surface area contributed by atoms with Crippen LogP contribution in [-0.2, 0) is 19.0 Å². The first kappa shape index (κ1) is 21.5. The van der Waals surface area contributed by atoms with E-state index in [1.165, 1.54) is 6.92 Å². The molecule has 0 radical (unpaired) electrons. The Morgan fingerprint density at radius 3 is 1.90 bits per heavy atom. The molecular weight excluding hydrogens is 390 g/mol. The first-order valence-electron chi connectivity index (χ1n) is 9.49. The lowest BCUT2D eigenvalue weighted by Gasteiger charge is -2.42. The van der Waals surface area contributed by atoms with E-state index in [1.54, 1.807) is 67.6 Å². The normalized spacial score (nSPS) is 25.8. The van der Waals surface area contributed by atoms with E-state index < -0.39 is 48.5 Å². The van der Waals surface area contributed by atoms with Crippen molar-refractivity contribution in [2.75, 3.05) is 0 Å². The van der Waals surface area contributed by atoms with Gasteiger partial charge in [0, 0.05) is 6.92 Å². The zero-order chi connectivity index (χ0) is 21.7. The van der Waals surface area contributed by atoms with Gasteiger partial charge in [0.1, 0.15) is 12.1 Å². The summed E-state index contributed by atoms with van der Waals surface area (Å²) in [6.45, 7) is 2.82. The van der Waals surface area contributed by atoms with E-state index in [0.29, 0.717) is 5.56 Å². The molecule has 1 saturated heterocycles. The predicted octanol–water partition coefficient (Wildman–Crippen LogP) is 1.68. The molecule has 0 aliphatic carbocycles. The van der Waals surface area contributed by atoms with Crippen molar-refractivity contribution in [1.29, 1.82) is 0 Å². The maximum atomic E-state index is 12.6. The van der Waals surface area contributed by atoms with Gasteiger partial charge in [0.15, 0.2) is 6.10 Å². The van der Waals surface area contributed by atoms with E-state index in [-0.39, 0.29) is 5.56 Å². The standard InChI is InChI=1S/C22H23NO7/c1-13-18(25)19(29-20(26)15-9-5-3-6-10-15)17(23-14(2)24)22(28-13)30-21(27)16-11-7-4-8-12-16/h3-13,17-19,22,25H,1-2H3,(H,23,24)/t13-,17-,18+,19-,22?/m1/s1. The van der Waals surface area contributed by atoms with Crippen molar-refractivity contribution in [3.63, 3.8) is 0 Å². The highest BCUT2D eigenvalue weighted by Crippen LogP contribution is 2.26. The molecule has 1 fully saturated rings. The van der Waals surface area contributed by atoms with Crippen LogP contribution in [0.15, 0.2) is 60.7 Å². The Morgan fingerprint density at radius 2 is 1.40 bits per heavy atom. The maximum Gasteiger partial charge on any atom is 0.340 e. The summed E-state index contributed by atoms with van der Waals surface area (Å²) >= 11 is 0. The van der Waals surface area contributed by atoms with Crippen molar-refractivity contribution >= 4 is 17.8 Å². The predicted molar refractivity (Wildman–Crippen MR) is 105 cm³/mol. The number of esters is 2. The molecule has 1 heterocycles. The first-order valence-corrected chi connectivity index (χ1v) is 9.49. The molecule has 3 rings (SSSR count). The highest BCUT2D eigenvalue weighted by molar-refractivity contribution is 5.90. The van der Waals surface area contributed by atoms with Crippen molar-refractivity contribution in [2.24, 2.45) is 0 Å². The average molecular weight is 413 g/mol.